The van der Waals surface area contributed by atoms with Crippen molar-refractivity contribution in [3.05, 3.63) is 29.8 Å². The number of benzene rings is 1. The molecular formula is C17H28N2O. The van der Waals surface area contributed by atoms with Gasteiger partial charge in [-0.2, -0.15) is 0 Å². The zero-order chi connectivity index (χ0) is 14.2. The lowest BCUT2D eigenvalue weighted by atomic mass is 10.1. The molecule has 1 fully saturated rings. The van der Waals surface area contributed by atoms with Crippen molar-refractivity contribution in [2.24, 2.45) is 0 Å². The number of methoxy groups -OCH3 is 1. The molecule has 0 saturated carbocycles. The third kappa shape index (κ3) is 4.50. The van der Waals surface area contributed by atoms with Crippen molar-refractivity contribution in [3.63, 3.8) is 0 Å². The van der Waals surface area contributed by atoms with Crippen LogP contribution >= 0.6 is 0 Å². The Balaban J connectivity index is 1.93. The molecule has 1 aliphatic rings. The van der Waals surface area contributed by atoms with Gasteiger partial charge in [-0.1, -0.05) is 25.1 Å². The van der Waals surface area contributed by atoms with Gasteiger partial charge in [0.15, 0.2) is 0 Å². The van der Waals surface area contributed by atoms with E-state index in [-0.39, 0.29) is 0 Å². The Bertz CT molecular complexity index is 394. The highest BCUT2D eigenvalue weighted by atomic mass is 16.5. The molecule has 1 aromatic rings. The Kier molecular flexibility index (Phi) is 6.34. The third-order valence-electron chi connectivity index (χ3n) is 4.04. The van der Waals surface area contributed by atoms with E-state index in [0.29, 0.717) is 12.6 Å². The van der Waals surface area contributed by atoms with E-state index in [4.69, 9.17) is 4.74 Å². The Hall–Kier alpha value is -1.06. The van der Waals surface area contributed by atoms with Crippen molar-refractivity contribution < 1.29 is 4.74 Å². The molecule has 1 saturated heterocycles. The summed E-state index contributed by atoms with van der Waals surface area (Å²) in [6, 6.07) is 9.08. The van der Waals surface area contributed by atoms with Gasteiger partial charge in [0.05, 0.1) is 6.61 Å². The molecule has 3 nitrogen and oxygen atoms in total. The summed E-state index contributed by atoms with van der Waals surface area (Å²) in [5.41, 5.74) is 2.49. The number of ether oxygens (including phenoxy) is 1. The number of likely N-dealkylation sites (tertiary alicyclic amines) is 1. The normalized spacial score (nSPS) is 20.6. The van der Waals surface area contributed by atoms with E-state index in [1.54, 1.807) is 7.11 Å². The van der Waals surface area contributed by atoms with Crippen molar-refractivity contribution >= 4 is 5.69 Å². The van der Waals surface area contributed by atoms with Gasteiger partial charge in [-0.05, 0) is 44.8 Å². The number of rotatable bonds is 6. The molecule has 1 unspecified atom stereocenters. The maximum Gasteiger partial charge on any atom is 0.0733 e. The summed E-state index contributed by atoms with van der Waals surface area (Å²) in [4.78, 5) is 2.60. The Morgan fingerprint density at radius 2 is 2.10 bits per heavy atom. The van der Waals surface area contributed by atoms with Crippen LogP contribution in [-0.2, 0) is 11.3 Å². The van der Waals surface area contributed by atoms with Crippen molar-refractivity contribution in [1.29, 1.82) is 0 Å². The first-order valence-corrected chi connectivity index (χ1v) is 7.89. The van der Waals surface area contributed by atoms with Crippen LogP contribution in [0, 0.1) is 0 Å². The summed E-state index contributed by atoms with van der Waals surface area (Å²) in [7, 11) is 1.76. The van der Waals surface area contributed by atoms with Crippen molar-refractivity contribution in [1.82, 2.24) is 4.90 Å². The quantitative estimate of drug-likeness (QED) is 0.860. The first kappa shape index (κ1) is 15.3. The molecule has 0 aliphatic carbocycles. The monoisotopic (exact) mass is 276 g/mol. The summed E-state index contributed by atoms with van der Waals surface area (Å²) in [6.07, 6.45) is 5.06. The highest BCUT2D eigenvalue weighted by molar-refractivity contribution is 5.51. The molecule has 0 aromatic heterocycles. The predicted molar refractivity (Wildman–Crippen MR) is 85.1 cm³/mol. The topological polar surface area (TPSA) is 24.5 Å². The van der Waals surface area contributed by atoms with Crippen LogP contribution in [0.25, 0.3) is 0 Å². The van der Waals surface area contributed by atoms with Crippen LogP contribution in [0.15, 0.2) is 24.3 Å². The SMILES string of the molecule is CCCN1CCCC(Nc2ccccc2COC)CC1. The van der Waals surface area contributed by atoms with Gasteiger partial charge in [0.1, 0.15) is 0 Å². The Morgan fingerprint density at radius 3 is 2.90 bits per heavy atom. The van der Waals surface area contributed by atoms with Gasteiger partial charge in [-0.25, -0.2) is 0 Å². The predicted octanol–water partition coefficient (Wildman–Crippen LogP) is 3.51. The van der Waals surface area contributed by atoms with E-state index in [1.807, 2.05) is 0 Å². The highest BCUT2D eigenvalue weighted by Crippen LogP contribution is 2.21. The lowest BCUT2D eigenvalue weighted by Gasteiger charge is -2.21. The molecule has 112 valence electrons. The largest absolute Gasteiger partial charge is 0.382 e. The summed E-state index contributed by atoms with van der Waals surface area (Å²) in [6.45, 7) is 6.66. The van der Waals surface area contributed by atoms with Crippen LogP contribution in [0.5, 0.6) is 0 Å². The number of nitrogens with one attached hydrogen (secondary N) is 1. The smallest absolute Gasteiger partial charge is 0.0733 e. The van der Waals surface area contributed by atoms with Crippen molar-refractivity contribution in [2.75, 3.05) is 32.1 Å². The number of hydrogen-bond donors (Lipinski definition) is 1. The molecular weight excluding hydrogens is 248 g/mol. The van der Waals surface area contributed by atoms with E-state index < -0.39 is 0 Å². The second-order valence-corrected chi connectivity index (χ2v) is 5.70. The number of nitrogens with zero attached hydrogens (tertiary/aromatic N) is 1. The standard InChI is InChI=1S/C17H28N2O/c1-3-11-19-12-6-8-16(10-13-19)18-17-9-5-4-7-15(17)14-20-2/h4-5,7,9,16,18H,3,6,8,10-14H2,1-2H3. The summed E-state index contributed by atoms with van der Waals surface area (Å²) in [5.74, 6) is 0. The van der Waals surface area contributed by atoms with Crippen LogP contribution in [0.3, 0.4) is 0 Å². The minimum Gasteiger partial charge on any atom is -0.382 e. The third-order valence-corrected chi connectivity index (χ3v) is 4.04. The summed E-state index contributed by atoms with van der Waals surface area (Å²) in [5, 5.41) is 3.73. The molecule has 0 radical (unpaired) electrons. The van der Waals surface area contributed by atoms with Gasteiger partial charge >= 0.3 is 0 Å². The minimum absolute atomic E-state index is 0.592. The molecule has 20 heavy (non-hydrogen) atoms. The molecule has 0 spiro atoms. The average molecular weight is 276 g/mol. The average Bonchev–Trinajstić information content (AvgIpc) is 2.68. The van der Waals surface area contributed by atoms with Gasteiger partial charge in [-0.3, -0.25) is 0 Å². The lowest BCUT2D eigenvalue weighted by molar-refractivity contribution is 0.185. The van der Waals surface area contributed by atoms with Crippen LogP contribution in [-0.4, -0.2) is 37.7 Å². The van der Waals surface area contributed by atoms with Crippen molar-refractivity contribution in [3.8, 4) is 0 Å². The first-order valence-electron chi connectivity index (χ1n) is 7.89. The molecule has 1 aromatic carbocycles. The number of para-hydroxylation sites is 1. The van der Waals surface area contributed by atoms with Gasteiger partial charge in [0.25, 0.3) is 0 Å². The molecule has 1 N–H and O–H groups in total. The molecule has 3 heteroatoms. The molecule has 1 heterocycles. The molecule has 0 bridgehead atoms. The van der Waals surface area contributed by atoms with Crippen LogP contribution < -0.4 is 5.32 Å². The van der Waals surface area contributed by atoms with Gasteiger partial charge in [0.2, 0.25) is 0 Å². The molecule has 1 aliphatic heterocycles. The van der Waals surface area contributed by atoms with Gasteiger partial charge in [-0.15, -0.1) is 0 Å². The maximum absolute atomic E-state index is 5.28. The first-order chi connectivity index (χ1) is 9.83. The Labute approximate surface area is 123 Å². The lowest BCUT2D eigenvalue weighted by Crippen LogP contribution is -2.27. The van der Waals surface area contributed by atoms with E-state index in [1.165, 1.54) is 56.6 Å². The van der Waals surface area contributed by atoms with E-state index in [2.05, 4.69) is 41.4 Å². The molecule has 1 atom stereocenters. The van der Waals surface area contributed by atoms with Crippen molar-refractivity contribution in [2.45, 2.75) is 45.3 Å². The van der Waals surface area contributed by atoms with Gasteiger partial charge in [0, 0.05) is 30.9 Å². The fourth-order valence-corrected chi connectivity index (χ4v) is 3.00. The molecule has 2 rings (SSSR count). The summed E-state index contributed by atoms with van der Waals surface area (Å²) < 4.78 is 5.28. The van der Waals surface area contributed by atoms with Gasteiger partial charge < -0.3 is 15.0 Å². The van der Waals surface area contributed by atoms with E-state index in [9.17, 15) is 0 Å². The van der Waals surface area contributed by atoms with E-state index >= 15 is 0 Å². The van der Waals surface area contributed by atoms with Crippen LogP contribution in [0.2, 0.25) is 0 Å². The maximum atomic E-state index is 5.28. The highest BCUT2D eigenvalue weighted by Gasteiger charge is 2.17. The van der Waals surface area contributed by atoms with Crippen LogP contribution in [0.1, 0.15) is 38.2 Å². The Morgan fingerprint density at radius 1 is 1.25 bits per heavy atom. The fourth-order valence-electron chi connectivity index (χ4n) is 3.00. The minimum atomic E-state index is 0.592. The zero-order valence-electron chi connectivity index (χ0n) is 12.9. The number of anilines is 1. The van der Waals surface area contributed by atoms with E-state index in [0.717, 1.165) is 0 Å². The fraction of sp³-hybridized carbons (Fsp3) is 0.647. The second-order valence-electron chi connectivity index (χ2n) is 5.70. The second kappa shape index (κ2) is 8.28. The summed E-state index contributed by atoms with van der Waals surface area (Å²) >= 11 is 0. The van der Waals surface area contributed by atoms with Crippen LogP contribution in [0.4, 0.5) is 5.69 Å². The zero-order valence-corrected chi connectivity index (χ0v) is 12.9. The number of hydrogen-bond acceptors (Lipinski definition) is 3. The molecule has 0 amide bonds.